The first-order chi connectivity index (χ1) is 12.3. The van der Waals surface area contributed by atoms with E-state index in [1.807, 2.05) is 12.4 Å². The van der Waals surface area contributed by atoms with Crippen molar-refractivity contribution in [1.29, 1.82) is 0 Å². The van der Waals surface area contributed by atoms with Crippen LogP contribution in [0.25, 0.3) is 0 Å². The van der Waals surface area contributed by atoms with Gasteiger partial charge in [0.1, 0.15) is 0 Å². The number of nitrogens with one attached hydrogen (secondary N) is 1. The average molecular weight is 371 g/mol. The van der Waals surface area contributed by atoms with Gasteiger partial charge in [-0.3, -0.25) is 4.98 Å². The number of hydrogen-bond donors (Lipinski definition) is 1. The molecule has 1 aromatic heterocycles. The number of likely N-dealkylation sites (N-methyl/N-ethyl adjacent to an activating group) is 1. The van der Waals surface area contributed by atoms with Gasteiger partial charge in [0.15, 0.2) is 5.11 Å². The molecule has 0 aliphatic carbocycles. The molecule has 5 heteroatoms. The second-order valence-electron chi connectivity index (χ2n) is 7.16. The molecule has 0 aliphatic heterocycles. The quantitative estimate of drug-likeness (QED) is 0.765. The van der Waals surface area contributed by atoms with E-state index >= 15 is 0 Å². The molecule has 2 aromatic rings. The zero-order chi connectivity index (χ0) is 19.3. The van der Waals surface area contributed by atoms with Crippen LogP contribution in [0.5, 0.6) is 0 Å². The van der Waals surface area contributed by atoms with Crippen LogP contribution in [0.4, 0.5) is 5.69 Å². The largest absolute Gasteiger partial charge is 0.341 e. The highest BCUT2D eigenvalue weighted by atomic mass is 32.1. The van der Waals surface area contributed by atoms with Gasteiger partial charge in [0.25, 0.3) is 0 Å². The summed E-state index contributed by atoms with van der Waals surface area (Å²) in [5, 5.41) is 4.26. The Hall–Kier alpha value is -1.98. The molecule has 1 N–H and O–H groups in total. The lowest BCUT2D eigenvalue weighted by atomic mass is 10.1. The molecule has 2 rings (SSSR count). The lowest BCUT2D eigenvalue weighted by Crippen LogP contribution is -2.41. The predicted molar refractivity (Wildman–Crippen MR) is 115 cm³/mol. The van der Waals surface area contributed by atoms with Gasteiger partial charge in [-0.15, -0.1) is 0 Å². The van der Waals surface area contributed by atoms with Crippen molar-refractivity contribution in [2.24, 2.45) is 0 Å². The van der Waals surface area contributed by atoms with Crippen LogP contribution in [-0.4, -0.2) is 47.1 Å². The number of pyridine rings is 1. The second kappa shape index (κ2) is 9.10. The molecule has 0 bridgehead atoms. The van der Waals surface area contributed by atoms with E-state index in [0.29, 0.717) is 0 Å². The summed E-state index contributed by atoms with van der Waals surface area (Å²) in [6, 6.07) is 8.66. The van der Waals surface area contributed by atoms with Crippen LogP contribution in [-0.2, 0) is 0 Å². The van der Waals surface area contributed by atoms with Gasteiger partial charge in [-0.2, -0.15) is 0 Å². The van der Waals surface area contributed by atoms with Crippen molar-refractivity contribution in [2.75, 3.05) is 32.5 Å². The maximum Gasteiger partial charge on any atom is 0.173 e. The highest BCUT2D eigenvalue weighted by Gasteiger charge is 2.20. The Bertz CT molecular complexity index is 720. The molecular weight excluding hydrogens is 340 g/mol. The first-order valence-electron chi connectivity index (χ1n) is 8.99. The molecule has 1 heterocycles. The molecule has 0 saturated carbocycles. The van der Waals surface area contributed by atoms with Crippen molar-refractivity contribution in [1.82, 2.24) is 14.8 Å². The van der Waals surface area contributed by atoms with Gasteiger partial charge >= 0.3 is 0 Å². The lowest BCUT2D eigenvalue weighted by molar-refractivity contribution is 0.289. The summed E-state index contributed by atoms with van der Waals surface area (Å²) in [5.41, 5.74) is 6.02. The maximum absolute atomic E-state index is 5.82. The Balaban J connectivity index is 2.25. The van der Waals surface area contributed by atoms with Gasteiger partial charge in [0.2, 0.25) is 0 Å². The summed E-state index contributed by atoms with van der Waals surface area (Å²) >= 11 is 5.82. The monoisotopic (exact) mass is 370 g/mol. The number of anilines is 1. The number of aromatic nitrogens is 1. The summed E-state index contributed by atoms with van der Waals surface area (Å²) in [5.74, 6) is 0. The van der Waals surface area contributed by atoms with Gasteiger partial charge in [0.05, 0.1) is 6.04 Å². The smallest absolute Gasteiger partial charge is 0.173 e. The summed E-state index contributed by atoms with van der Waals surface area (Å²) in [7, 11) is 4.17. The fourth-order valence-corrected chi connectivity index (χ4v) is 3.51. The van der Waals surface area contributed by atoms with E-state index in [-0.39, 0.29) is 6.04 Å². The van der Waals surface area contributed by atoms with Crippen molar-refractivity contribution in [2.45, 2.75) is 33.7 Å². The van der Waals surface area contributed by atoms with Gasteiger partial charge < -0.3 is 15.1 Å². The Kier molecular flexibility index (Phi) is 7.12. The van der Waals surface area contributed by atoms with Crippen LogP contribution in [0.15, 0.2) is 36.7 Å². The number of rotatable bonds is 6. The molecule has 0 spiro atoms. The molecule has 0 radical (unpaired) electrons. The Morgan fingerprint density at radius 1 is 1.08 bits per heavy atom. The van der Waals surface area contributed by atoms with Crippen LogP contribution in [0, 0.1) is 20.8 Å². The van der Waals surface area contributed by atoms with Gasteiger partial charge in [-0.25, -0.2) is 0 Å². The third-order valence-electron chi connectivity index (χ3n) is 4.61. The second-order valence-corrected chi connectivity index (χ2v) is 7.54. The third-order valence-corrected chi connectivity index (χ3v) is 4.95. The average Bonchev–Trinajstić information content (AvgIpc) is 2.58. The molecule has 26 heavy (non-hydrogen) atoms. The molecule has 140 valence electrons. The topological polar surface area (TPSA) is 31.4 Å². The summed E-state index contributed by atoms with van der Waals surface area (Å²) in [6.45, 7) is 10.4. The number of thiocarbonyl (C=S) groups is 1. The number of benzene rings is 1. The Morgan fingerprint density at radius 2 is 1.65 bits per heavy atom. The highest BCUT2D eigenvalue weighted by molar-refractivity contribution is 7.80. The lowest BCUT2D eigenvalue weighted by Gasteiger charge is -2.33. The normalized spacial score (nSPS) is 12.1. The first kappa shape index (κ1) is 20.3. The highest BCUT2D eigenvalue weighted by Crippen LogP contribution is 2.25. The van der Waals surface area contributed by atoms with Crippen molar-refractivity contribution >= 4 is 23.0 Å². The van der Waals surface area contributed by atoms with Gasteiger partial charge in [-0.1, -0.05) is 17.7 Å². The minimum atomic E-state index is 0.170. The summed E-state index contributed by atoms with van der Waals surface area (Å²) in [6.07, 6.45) is 3.67. The molecule has 4 nitrogen and oxygen atoms in total. The van der Waals surface area contributed by atoms with E-state index in [1.165, 1.54) is 22.3 Å². The minimum Gasteiger partial charge on any atom is -0.341 e. The molecule has 0 amide bonds. The zero-order valence-electron chi connectivity index (χ0n) is 16.7. The molecule has 1 aromatic carbocycles. The predicted octanol–water partition coefficient (Wildman–Crippen LogP) is 4.33. The summed E-state index contributed by atoms with van der Waals surface area (Å²) < 4.78 is 0. The SMILES string of the molecule is Cc1cc(C)c(NC(=S)N(CCN(C)C)C(C)c2ccncc2)c(C)c1. The van der Waals surface area contributed by atoms with Crippen molar-refractivity contribution < 1.29 is 0 Å². The molecular formula is C21H30N4S. The Labute approximate surface area is 163 Å². The van der Waals surface area contributed by atoms with E-state index in [1.54, 1.807) is 0 Å². The minimum absolute atomic E-state index is 0.170. The number of nitrogens with zero attached hydrogens (tertiary/aromatic N) is 3. The molecule has 1 unspecified atom stereocenters. The van der Waals surface area contributed by atoms with Crippen molar-refractivity contribution in [3.8, 4) is 0 Å². The van der Waals surface area contributed by atoms with Crippen LogP contribution in [0.1, 0.15) is 35.2 Å². The fourth-order valence-electron chi connectivity index (χ4n) is 3.16. The Morgan fingerprint density at radius 3 is 2.19 bits per heavy atom. The number of aryl methyl sites for hydroxylation is 3. The van der Waals surface area contributed by atoms with E-state index in [9.17, 15) is 0 Å². The van der Waals surface area contributed by atoms with Crippen LogP contribution < -0.4 is 5.32 Å². The van der Waals surface area contributed by atoms with Crippen LogP contribution in [0.3, 0.4) is 0 Å². The van der Waals surface area contributed by atoms with Crippen molar-refractivity contribution in [3.63, 3.8) is 0 Å². The van der Waals surface area contributed by atoms with Gasteiger partial charge in [-0.05, 0) is 82.8 Å². The third kappa shape index (κ3) is 5.26. The summed E-state index contributed by atoms with van der Waals surface area (Å²) in [4.78, 5) is 8.56. The van der Waals surface area contributed by atoms with Gasteiger partial charge in [0, 0.05) is 31.2 Å². The molecule has 0 saturated heterocycles. The standard InChI is InChI=1S/C21H30N4S/c1-15-13-16(2)20(17(3)14-15)23-21(26)25(12-11-24(5)6)18(4)19-7-9-22-10-8-19/h7-10,13-14,18H,11-12H2,1-6H3,(H,23,26). The van der Waals surface area contributed by atoms with Crippen molar-refractivity contribution in [3.05, 3.63) is 58.9 Å². The molecule has 0 fully saturated rings. The van der Waals surface area contributed by atoms with Crippen LogP contribution >= 0.6 is 12.2 Å². The maximum atomic E-state index is 5.82. The van der Waals surface area contributed by atoms with E-state index in [2.05, 4.69) is 86.2 Å². The van der Waals surface area contributed by atoms with E-state index in [0.717, 1.165) is 23.9 Å². The number of hydrogen-bond acceptors (Lipinski definition) is 3. The van der Waals surface area contributed by atoms with E-state index in [4.69, 9.17) is 12.2 Å². The van der Waals surface area contributed by atoms with Crippen LogP contribution in [0.2, 0.25) is 0 Å². The zero-order valence-corrected chi connectivity index (χ0v) is 17.5. The molecule has 0 aliphatic rings. The fraction of sp³-hybridized carbons (Fsp3) is 0.429. The van der Waals surface area contributed by atoms with E-state index < -0.39 is 0 Å². The molecule has 1 atom stereocenters. The first-order valence-corrected chi connectivity index (χ1v) is 9.40.